The molecule has 1 aliphatic rings. The molecule has 0 atom stereocenters. The van der Waals surface area contributed by atoms with Gasteiger partial charge >= 0.3 is 0 Å². The third kappa shape index (κ3) is 4.32. The molecule has 0 saturated heterocycles. The van der Waals surface area contributed by atoms with Gasteiger partial charge in [0.1, 0.15) is 5.69 Å². The highest BCUT2D eigenvalue weighted by Crippen LogP contribution is 2.49. The molecule has 1 heterocycles. The van der Waals surface area contributed by atoms with Crippen LogP contribution in [0.2, 0.25) is 0 Å². The van der Waals surface area contributed by atoms with Gasteiger partial charge in [0.05, 0.1) is 43.9 Å². The maximum atomic E-state index is 9.25. The number of aliphatic hydroxyl groups is 2. The second-order valence-corrected chi connectivity index (χ2v) is 8.34. The molecule has 2 aromatic rings. The highest BCUT2D eigenvalue weighted by Gasteiger charge is 2.29. The summed E-state index contributed by atoms with van der Waals surface area (Å²) in [5, 5.41) is 18.5. The fourth-order valence-electron chi connectivity index (χ4n) is 3.80. The van der Waals surface area contributed by atoms with Crippen molar-refractivity contribution in [3.63, 3.8) is 0 Å². The Labute approximate surface area is 169 Å². The maximum absolute atomic E-state index is 9.25. The van der Waals surface area contributed by atoms with Crippen LogP contribution in [0.5, 0.6) is 0 Å². The quantitative estimate of drug-likeness (QED) is 0.506. The van der Waals surface area contributed by atoms with E-state index in [9.17, 15) is 10.2 Å². The summed E-state index contributed by atoms with van der Waals surface area (Å²) < 4.78 is 0.768. The summed E-state index contributed by atoms with van der Waals surface area (Å²) in [6.45, 7) is 2.24. The van der Waals surface area contributed by atoms with E-state index in [1.54, 1.807) is 0 Å². The van der Waals surface area contributed by atoms with Crippen LogP contribution < -0.4 is 14.3 Å². The molecule has 5 nitrogen and oxygen atoms in total. The first-order valence-corrected chi connectivity index (χ1v) is 10.3. The average Bonchev–Trinajstić information content (AvgIpc) is 2.68. The van der Waals surface area contributed by atoms with Gasteiger partial charge in [-0.15, -0.1) is 0 Å². The molecule has 2 N–H and O–H groups in total. The Kier molecular flexibility index (Phi) is 6.60. The van der Waals surface area contributed by atoms with Crippen molar-refractivity contribution in [2.75, 3.05) is 57.2 Å². The predicted molar refractivity (Wildman–Crippen MR) is 119 cm³/mol. The lowest BCUT2D eigenvalue weighted by Gasteiger charge is -2.41. The number of benzene rings is 2. The largest absolute Gasteiger partial charge is 0.396 e. The molecule has 0 fully saturated rings. The lowest BCUT2D eigenvalue weighted by molar-refractivity contribution is 0.285. The van der Waals surface area contributed by atoms with E-state index >= 15 is 0 Å². The highest BCUT2D eigenvalue weighted by atomic mass is 16.3. The van der Waals surface area contributed by atoms with Gasteiger partial charge in [-0.2, -0.15) is 0 Å². The SMILES string of the molecule is C[N+](C)(C)c1ccc2c(c1)N(CCCCO)c1ccccc1N2CCCCO. The number of fused-ring (bicyclic) bond motifs is 2. The molecule has 0 spiro atoms. The molecule has 0 bridgehead atoms. The minimum atomic E-state index is 0.231. The van der Waals surface area contributed by atoms with E-state index in [-0.39, 0.29) is 13.2 Å². The summed E-state index contributed by atoms with van der Waals surface area (Å²) in [5.41, 5.74) is 6.15. The zero-order valence-electron chi connectivity index (χ0n) is 17.4. The lowest BCUT2D eigenvalue weighted by atomic mass is 10.0. The van der Waals surface area contributed by atoms with Gasteiger partial charge in [-0.1, -0.05) is 12.1 Å². The van der Waals surface area contributed by atoms with Gasteiger partial charge in [-0.3, -0.25) is 4.48 Å². The van der Waals surface area contributed by atoms with Crippen molar-refractivity contribution in [3.8, 4) is 0 Å². The van der Waals surface area contributed by atoms with Gasteiger partial charge in [0.2, 0.25) is 0 Å². The van der Waals surface area contributed by atoms with Crippen LogP contribution in [0.3, 0.4) is 0 Å². The van der Waals surface area contributed by atoms with E-state index in [4.69, 9.17) is 0 Å². The standard InChI is InChI=1S/C23H34N3O2/c1-26(2,3)19-12-13-22-23(18-19)25(15-7-9-17-28)21-11-5-4-10-20(21)24(22)14-6-8-16-27/h4-5,10-13,18,27-28H,6-9,14-17H2,1-3H3/q+1. The van der Waals surface area contributed by atoms with Crippen molar-refractivity contribution < 1.29 is 10.2 Å². The third-order valence-corrected chi connectivity index (χ3v) is 5.36. The Balaban J connectivity index is 2.07. The van der Waals surface area contributed by atoms with Crippen LogP contribution >= 0.6 is 0 Å². The van der Waals surface area contributed by atoms with Gasteiger partial charge in [-0.05, 0) is 43.9 Å². The first-order chi connectivity index (χ1) is 13.5. The van der Waals surface area contributed by atoms with Crippen molar-refractivity contribution in [2.45, 2.75) is 25.7 Å². The Bertz CT molecular complexity index is 786. The topological polar surface area (TPSA) is 46.9 Å². The number of aliphatic hydroxyl groups excluding tert-OH is 2. The molecule has 0 saturated carbocycles. The molecule has 0 amide bonds. The molecular weight excluding hydrogens is 350 g/mol. The van der Waals surface area contributed by atoms with E-state index < -0.39 is 0 Å². The number of rotatable bonds is 9. The van der Waals surface area contributed by atoms with Gasteiger partial charge in [0.25, 0.3) is 0 Å². The molecule has 3 rings (SSSR count). The van der Waals surface area contributed by atoms with Crippen LogP contribution in [0.25, 0.3) is 0 Å². The second-order valence-electron chi connectivity index (χ2n) is 8.34. The predicted octanol–water partition coefficient (Wildman–Crippen LogP) is 4.02. The van der Waals surface area contributed by atoms with Crippen LogP contribution in [0.4, 0.5) is 28.4 Å². The number of unbranched alkanes of at least 4 members (excludes halogenated alkanes) is 2. The molecule has 0 unspecified atom stereocenters. The molecule has 152 valence electrons. The van der Waals surface area contributed by atoms with Gasteiger partial charge in [0, 0.05) is 38.4 Å². The van der Waals surface area contributed by atoms with Crippen LogP contribution in [0, 0.1) is 0 Å². The number of anilines is 4. The lowest BCUT2D eigenvalue weighted by Crippen LogP contribution is -2.36. The normalized spacial score (nSPS) is 13.5. The van der Waals surface area contributed by atoms with Crippen molar-refractivity contribution in [1.29, 1.82) is 0 Å². The summed E-state index contributed by atoms with van der Waals surface area (Å²) in [6.07, 6.45) is 3.52. The second kappa shape index (κ2) is 8.95. The summed E-state index contributed by atoms with van der Waals surface area (Å²) in [7, 11) is 6.56. The molecule has 28 heavy (non-hydrogen) atoms. The first-order valence-electron chi connectivity index (χ1n) is 10.3. The van der Waals surface area contributed by atoms with Gasteiger partial charge in [-0.25, -0.2) is 0 Å². The number of quaternary nitrogens is 1. The molecule has 0 aromatic heterocycles. The van der Waals surface area contributed by atoms with E-state index in [2.05, 4.69) is 73.4 Å². The minimum absolute atomic E-state index is 0.231. The van der Waals surface area contributed by atoms with E-state index in [1.165, 1.54) is 28.4 Å². The molecule has 1 aliphatic heterocycles. The molecule has 5 heteroatoms. The maximum Gasteiger partial charge on any atom is 0.134 e. The Morgan fingerprint density at radius 3 is 1.68 bits per heavy atom. The van der Waals surface area contributed by atoms with E-state index in [0.717, 1.165) is 43.3 Å². The smallest absolute Gasteiger partial charge is 0.134 e. The van der Waals surface area contributed by atoms with Crippen LogP contribution in [-0.4, -0.2) is 57.7 Å². The zero-order valence-corrected chi connectivity index (χ0v) is 17.4. The van der Waals surface area contributed by atoms with Crippen molar-refractivity contribution in [3.05, 3.63) is 42.5 Å². The van der Waals surface area contributed by atoms with Crippen molar-refractivity contribution in [1.82, 2.24) is 4.48 Å². The third-order valence-electron chi connectivity index (χ3n) is 5.36. The fraction of sp³-hybridized carbons (Fsp3) is 0.478. The fourth-order valence-corrected chi connectivity index (χ4v) is 3.80. The van der Waals surface area contributed by atoms with Crippen LogP contribution in [0.1, 0.15) is 25.7 Å². The van der Waals surface area contributed by atoms with Gasteiger partial charge in [0.15, 0.2) is 0 Å². The zero-order chi connectivity index (χ0) is 20.1. The average molecular weight is 385 g/mol. The molecule has 0 radical (unpaired) electrons. The highest BCUT2D eigenvalue weighted by molar-refractivity contribution is 5.94. The molecular formula is C23H34N3O2+. The number of hydrogen-bond donors (Lipinski definition) is 2. The monoisotopic (exact) mass is 384 g/mol. The Hall–Kier alpha value is -2.08. The number of para-hydroxylation sites is 2. The number of hydrogen-bond acceptors (Lipinski definition) is 4. The Morgan fingerprint density at radius 1 is 0.679 bits per heavy atom. The van der Waals surface area contributed by atoms with Crippen LogP contribution in [-0.2, 0) is 0 Å². The molecule has 2 aromatic carbocycles. The summed E-state index contributed by atoms with van der Waals surface area (Å²) in [5.74, 6) is 0. The first kappa shape index (κ1) is 20.6. The van der Waals surface area contributed by atoms with Crippen molar-refractivity contribution >= 4 is 28.4 Å². The summed E-state index contributed by atoms with van der Waals surface area (Å²) >= 11 is 0. The van der Waals surface area contributed by atoms with E-state index in [0.29, 0.717) is 0 Å². The Morgan fingerprint density at radius 2 is 1.18 bits per heavy atom. The number of nitrogens with zero attached hydrogens (tertiary/aromatic N) is 3. The van der Waals surface area contributed by atoms with Gasteiger partial charge < -0.3 is 20.0 Å². The van der Waals surface area contributed by atoms with E-state index in [1.807, 2.05) is 0 Å². The molecule has 0 aliphatic carbocycles. The van der Waals surface area contributed by atoms with Crippen LogP contribution in [0.15, 0.2) is 42.5 Å². The van der Waals surface area contributed by atoms with Crippen molar-refractivity contribution in [2.24, 2.45) is 0 Å². The minimum Gasteiger partial charge on any atom is -0.396 e. The summed E-state index contributed by atoms with van der Waals surface area (Å²) in [4.78, 5) is 4.80. The summed E-state index contributed by atoms with van der Waals surface area (Å²) in [6, 6.07) is 15.3.